The molecular formula is C28H44N6O2. The predicted molar refractivity (Wildman–Crippen MR) is 144 cm³/mol. The lowest BCUT2D eigenvalue weighted by molar-refractivity contribution is 0.0563. The van der Waals surface area contributed by atoms with Gasteiger partial charge in [0.25, 0.3) is 0 Å². The molecule has 198 valence electrons. The van der Waals surface area contributed by atoms with Gasteiger partial charge in [0, 0.05) is 95.0 Å². The number of piperazine rings is 2. The maximum atomic E-state index is 6.49. The molecule has 0 saturated carbocycles. The van der Waals surface area contributed by atoms with E-state index in [1.54, 1.807) is 7.11 Å². The molecule has 2 aliphatic rings. The molecule has 0 aliphatic carbocycles. The first-order valence-electron chi connectivity index (χ1n) is 13.5. The summed E-state index contributed by atoms with van der Waals surface area (Å²) >= 11 is 0. The molecule has 0 bridgehead atoms. The Bertz CT molecular complexity index is 939. The molecule has 4 heterocycles. The first kappa shape index (κ1) is 26.8. The van der Waals surface area contributed by atoms with Gasteiger partial charge in [-0.25, -0.2) is 9.97 Å². The summed E-state index contributed by atoms with van der Waals surface area (Å²) in [5.41, 5.74) is 2.33. The Morgan fingerprint density at radius 1 is 0.806 bits per heavy atom. The second-order valence-electron chi connectivity index (χ2n) is 10.5. The van der Waals surface area contributed by atoms with Gasteiger partial charge in [-0.1, -0.05) is 6.07 Å². The number of pyridine rings is 2. The van der Waals surface area contributed by atoms with Crippen LogP contribution in [0.3, 0.4) is 0 Å². The number of ether oxygens (including phenoxy) is 2. The third-order valence-electron chi connectivity index (χ3n) is 7.63. The van der Waals surface area contributed by atoms with Crippen molar-refractivity contribution in [1.29, 1.82) is 0 Å². The van der Waals surface area contributed by atoms with Gasteiger partial charge in [0.2, 0.25) is 11.8 Å². The van der Waals surface area contributed by atoms with E-state index >= 15 is 0 Å². The third-order valence-corrected chi connectivity index (χ3v) is 7.63. The summed E-state index contributed by atoms with van der Waals surface area (Å²) in [6.07, 6.45) is 3.66. The summed E-state index contributed by atoms with van der Waals surface area (Å²) in [4.78, 5) is 19.1. The highest BCUT2D eigenvalue weighted by atomic mass is 16.5. The highest BCUT2D eigenvalue weighted by Gasteiger charge is 2.28. The van der Waals surface area contributed by atoms with Crippen LogP contribution >= 0.6 is 0 Å². The highest BCUT2D eigenvalue weighted by Crippen LogP contribution is 2.27. The van der Waals surface area contributed by atoms with E-state index in [0.717, 1.165) is 70.3 Å². The average Bonchev–Trinajstić information content (AvgIpc) is 2.90. The lowest BCUT2D eigenvalue weighted by Crippen LogP contribution is -2.50. The van der Waals surface area contributed by atoms with Crippen LogP contribution in [0.2, 0.25) is 0 Å². The molecule has 2 aromatic rings. The topological polar surface area (TPSA) is 57.2 Å². The van der Waals surface area contributed by atoms with Crippen molar-refractivity contribution in [2.45, 2.75) is 52.4 Å². The molecule has 8 nitrogen and oxygen atoms in total. The second kappa shape index (κ2) is 12.8. The van der Waals surface area contributed by atoms with E-state index in [4.69, 9.17) is 9.47 Å². The van der Waals surface area contributed by atoms with Crippen LogP contribution in [0.25, 0.3) is 0 Å². The maximum absolute atomic E-state index is 6.49. The van der Waals surface area contributed by atoms with Crippen LogP contribution < -0.4 is 9.47 Å². The van der Waals surface area contributed by atoms with Gasteiger partial charge in [-0.3, -0.25) is 19.6 Å². The van der Waals surface area contributed by atoms with Crippen molar-refractivity contribution >= 4 is 0 Å². The quantitative estimate of drug-likeness (QED) is 0.497. The number of nitrogens with zero attached hydrogens (tertiary/aromatic N) is 6. The summed E-state index contributed by atoms with van der Waals surface area (Å²) in [7, 11) is 1.67. The van der Waals surface area contributed by atoms with Gasteiger partial charge in [-0.15, -0.1) is 0 Å². The van der Waals surface area contributed by atoms with Crippen molar-refractivity contribution in [2.24, 2.45) is 0 Å². The number of methoxy groups -OCH3 is 1. The van der Waals surface area contributed by atoms with Crippen LogP contribution in [0.5, 0.6) is 11.8 Å². The first-order valence-corrected chi connectivity index (χ1v) is 13.5. The van der Waals surface area contributed by atoms with Crippen LogP contribution in [0.1, 0.15) is 44.9 Å². The lowest BCUT2D eigenvalue weighted by atomic mass is 10.1. The van der Waals surface area contributed by atoms with Gasteiger partial charge >= 0.3 is 0 Å². The molecule has 0 spiro atoms. The Morgan fingerprint density at radius 2 is 1.44 bits per heavy atom. The van der Waals surface area contributed by atoms with E-state index in [2.05, 4.69) is 69.4 Å². The van der Waals surface area contributed by atoms with Crippen molar-refractivity contribution in [3.8, 4) is 11.8 Å². The van der Waals surface area contributed by atoms with Crippen molar-refractivity contribution < 1.29 is 9.47 Å². The molecule has 4 rings (SSSR count). The van der Waals surface area contributed by atoms with Crippen LogP contribution in [-0.2, 0) is 6.54 Å². The van der Waals surface area contributed by atoms with Gasteiger partial charge in [0.1, 0.15) is 6.61 Å². The van der Waals surface area contributed by atoms with Gasteiger partial charge in [0.05, 0.1) is 13.2 Å². The van der Waals surface area contributed by atoms with E-state index in [0.29, 0.717) is 24.6 Å². The SMILES string of the molecule is COc1cc(C(COc2ncccc2CN2CCN(C(C)C)CC2)N2CCN(C(C)C)CC2)ccn1. The monoisotopic (exact) mass is 496 g/mol. The maximum Gasteiger partial charge on any atom is 0.217 e. The summed E-state index contributed by atoms with van der Waals surface area (Å²) in [5.74, 6) is 1.38. The molecular weight excluding hydrogens is 452 g/mol. The van der Waals surface area contributed by atoms with E-state index < -0.39 is 0 Å². The minimum atomic E-state index is 0.112. The number of rotatable bonds is 10. The van der Waals surface area contributed by atoms with E-state index in [9.17, 15) is 0 Å². The van der Waals surface area contributed by atoms with Crippen molar-refractivity contribution in [3.63, 3.8) is 0 Å². The minimum absolute atomic E-state index is 0.112. The molecule has 2 saturated heterocycles. The largest absolute Gasteiger partial charge is 0.481 e. The Labute approximate surface area is 217 Å². The smallest absolute Gasteiger partial charge is 0.217 e. The summed E-state index contributed by atoms with van der Waals surface area (Å²) in [6, 6.07) is 9.58. The molecule has 0 amide bonds. The van der Waals surface area contributed by atoms with E-state index in [-0.39, 0.29) is 6.04 Å². The van der Waals surface area contributed by atoms with Crippen LogP contribution in [0, 0.1) is 0 Å². The fraction of sp³-hybridized carbons (Fsp3) is 0.643. The number of aromatic nitrogens is 2. The molecule has 8 heteroatoms. The van der Waals surface area contributed by atoms with Crippen LogP contribution in [0.4, 0.5) is 0 Å². The molecule has 2 aromatic heterocycles. The molecule has 0 aromatic carbocycles. The number of hydrogen-bond donors (Lipinski definition) is 0. The summed E-state index contributed by atoms with van der Waals surface area (Å²) in [5, 5.41) is 0. The third kappa shape index (κ3) is 6.94. The van der Waals surface area contributed by atoms with Gasteiger partial charge < -0.3 is 9.47 Å². The summed E-state index contributed by atoms with van der Waals surface area (Å²) in [6.45, 7) is 19.0. The lowest BCUT2D eigenvalue weighted by Gasteiger charge is -2.40. The highest BCUT2D eigenvalue weighted by molar-refractivity contribution is 5.27. The normalized spacial score (nSPS) is 19.6. The van der Waals surface area contributed by atoms with Gasteiger partial charge in [0.15, 0.2) is 0 Å². The Morgan fingerprint density at radius 3 is 2.08 bits per heavy atom. The predicted octanol–water partition coefficient (Wildman–Crippen LogP) is 3.16. The molecule has 1 atom stereocenters. The van der Waals surface area contributed by atoms with Gasteiger partial charge in [-0.05, 0) is 45.4 Å². The molecule has 0 N–H and O–H groups in total. The van der Waals surface area contributed by atoms with Crippen molar-refractivity contribution in [1.82, 2.24) is 29.6 Å². The fourth-order valence-corrected chi connectivity index (χ4v) is 5.23. The molecule has 2 fully saturated rings. The second-order valence-corrected chi connectivity index (χ2v) is 10.5. The zero-order valence-electron chi connectivity index (χ0n) is 22.8. The summed E-state index contributed by atoms with van der Waals surface area (Å²) < 4.78 is 11.9. The Hall–Kier alpha value is -2.26. The average molecular weight is 497 g/mol. The fourth-order valence-electron chi connectivity index (χ4n) is 5.23. The first-order chi connectivity index (χ1) is 17.4. The molecule has 0 radical (unpaired) electrons. The Balaban J connectivity index is 1.45. The number of hydrogen-bond acceptors (Lipinski definition) is 8. The molecule has 1 unspecified atom stereocenters. The van der Waals surface area contributed by atoms with Crippen molar-refractivity contribution in [2.75, 3.05) is 66.1 Å². The Kier molecular flexibility index (Phi) is 9.53. The zero-order chi connectivity index (χ0) is 25.5. The zero-order valence-corrected chi connectivity index (χ0v) is 22.8. The van der Waals surface area contributed by atoms with E-state index in [1.165, 1.54) is 5.56 Å². The van der Waals surface area contributed by atoms with E-state index in [1.807, 2.05) is 24.5 Å². The molecule has 36 heavy (non-hydrogen) atoms. The van der Waals surface area contributed by atoms with Crippen LogP contribution in [0.15, 0.2) is 36.7 Å². The van der Waals surface area contributed by atoms with Crippen LogP contribution in [-0.4, -0.2) is 108 Å². The van der Waals surface area contributed by atoms with Gasteiger partial charge in [-0.2, -0.15) is 0 Å². The molecule has 2 aliphatic heterocycles. The van der Waals surface area contributed by atoms with Crippen molar-refractivity contribution in [3.05, 3.63) is 47.8 Å². The minimum Gasteiger partial charge on any atom is -0.481 e. The standard InChI is InChI=1S/C28H44N6O2/c1-22(2)32-13-11-31(12-14-32)20-25-7-6-9-30-28(25)36-21-26(24-8-10-29-27(19-24)35-5)34-17-15-33(16-18-34)23(3)4/h6-10,19,22-23,26H,11-18,20-21H2,1-5H3.